The van der Waals surface area contributed by atoms with Gasteiger partial charge in [0.05, 0.1) is 6.42 Å². The molecule has 3 rings (SSSR count). The van der Waals surface area contributed by atoms with Gasteiger partial charge < -0.3 is 0 Å². The first-order chi connectivity index (χ1) is 8.54. The summed E-state index contributed by atoms with van der Waals surface area (Å²) in [5, 5.41) is 1.91. The third-order valence-corrected chi connectivity index (χ3v) is 3.18. The van der Waals surface area contributed by atoms with E-state index in [1.165, 1.54) is 0 Å². The lowest BCUT2D eigenvalue weighted by Gasteiger charge is -2.21. The number of alkyl halides is 3. The third-order valence-electron chi connectivity index (χ3n) is 3.18. The first-order valence-electron chi connectivity index (χ1n) is 5.67. The lowest BCUT2D eigenvalue weighted by molar-refractivity contribution is -0.0988. The Hall–Kier alpha value is -1.77. The lowest BCUT2D eigenvalue weighted by Crippen LogP contribution is -2.15. The van der Waals surface area contributed by atoms with Gasteiger partial charge in [0.2, 0.25) is 0 Å². The number of allylic oxidation sites excluding steroid dienone is 1. The summed E-state index contributed by atoms with van der Waals surface area (Å²) in [7, 11) is 0. The van der Waals surface area contributed by atoms with Gasteiger partial charge in [-0.2, -0.15) is 13.2 Å². The van der Waals surface area contributed by atoms with Crippen molar-refractivity contribution in [3.63, 3.8) is 0 Å². The van der Waals surface area contributed by atoms with Crippen molar-refractivity contribution in [2.24, 2.45) is 0 Å². The van der Waals surface area contributed by atoms with E-state index in [4.69, 9.17) is 0 Å². The quantitative estimate of drug-likeness (QED) is 0.684. The predicted molar refractivity (Wildman–Crippen MR) is 66.1 cm³/mol. The Morgan fingerprint density at radius 1 is 1.00 bits per heavy atom. The highest BCUT2D eigenvalue weighted by Crippen LogP contribution is 2.39. The molecule has 91 valence electrons. The average Bonchev–Trinajstić information content (AvgIpc) is 2.32. The lowest BCUT2D eigenvalue weighted by atomic mass is 9.84. The van der Waals surface area contributed by atoms with Crippen LogP contribution in [0.15, 0.2) is 42.5 Å². The zero-order chi connectivity index (χ0) is 12.8. The largest absolute Gasteiger partial charge is 0.393 e. The van der Waals surface area contributed by atoms with Crippen LogP contribution >= 0.6 is 0 Å². The first-order valence-corrected chi connectivity index (χ1v) is 5.67. The zero-order valence-corrected chi connectivity index (χ0v) is 9.41. The van der Waals surface area contributed by atoms with Crippen LogP contribution in [0.1, 0.15) is 17.0 Å². The highest BCUT2D eigenvalue weighted by atomic mass is 19.4. The number of rotatable bonds is 1. The van der Waals surface area contributed by atoms with Crippen LogP contribution in [0.2, 0.25) is 0 Å². The topological polar surface area (TPSA) is 0 Å². The molecule has 0 fully saturated rings. The Balaban J connectivity index is 2.16. The molecule has 2 aromatic carbocycles. The highest BCUT2D eigenvalue weighted by molar-refractivity contribution is 5.95. The molecule has 0 aliphatic heterocycles. The Kier molecular flexibility index (Phi) is 2.44. The third kappa shape index (κ3) is 1.90. The van der Waals surface area contributed by atoms with Crippen LogP contribution in [-0.4, -0.2) is 6.18 Å². The maximum Gasteiger partial charge on any atom is 0.393 e. The normalized spacial score (nSPS) is 18.3. The van der Waals surface area contributed by atoms with E-state index < -0.39 is 12.1 Å². The fourth-order valence-corrected chi connectivity index (χ4v) is 2.48. The van der Waals surface area contributed by atoms with E-state index in [0.29, 0.717) is 6.42 Å². The van der Waals surface area contributed by atoms with Crippen molar-refractivity contribution in [3.8, 4) is 0 Å². The second-order valence-electron chi connectivity index (χ2n) is 4.39. The molecule has 0 N–H and O–H groups in total. The van der Waals surface area contributed by atoms with Crippen LogP contribution in [0.3, 0.4) is 0 Å². The van der Waals surface area contributed by atoms with E-state index in [1.54, 1.807) is 24.3 Å². The van der Waals surface area contributed by atoms with Crippen LogP contribution in [0.25, 0.3) is 16.8 Å². The van der Waals surface area contributed by atoms with Crippen LogP contribution in [0.4, 0.5) is 13.2 Å². The van der Waals surface area contributed by atoms with Crippen molar-refractivity contribution < 1.29 is 13.2 Å². The molecular weight excluding hydrogens is 237 g/mol. The fraction of sp³-hybridized carbons (Fsp3) is 0.133. The van der Waals surface area contributed by atoms with Gasteiger partial charge in [0.25, 0.3) is 0 Å². The summed E-state index contributed by atoms with van der Waals surface area (Å²) in [5.41, 5.74) is 1.71. The van der Waals surface area contributed by atoms with Gasteiger partial charge in [-0.25, -0.2) is 0 Å². The molecule has 0 saturated carbocycles. The van der Waals surface area contributed by atoms with E-state index in [1.807, 2.05) is 24.3 Å². The standard InChI is InChI=1S/C15H10F3/c16-15(17,18)9-12-8-7-11-4-1-3-10-5-2-6-13(12)14(10)11/h1-9,12H. The molecule has 1 aliphatic carbocycles. The molecule has 0 spiro atoms. The minimum absolute atomic E-state index is 0.439. The summed E-state index contributed by atoms with van der Waals surface area (Å²) in [6.07, 6.45) is -0.454. The number of hydrogen-bond donors (Lipinski definition) is 0. The smallest absolute Gasteiger partial charge is 0.171 e. The second kappa shape index (κ2) is 3.87. The summed E-state index contributed by atoms with van der Waals surface area (Å²) < 4.78 is 37.5. The molecule has 0 heterocycles. The molecule has 1 radical (unpaired) electrons. The van der Waals surface area contributed by atoms with Crippen molar-refractivity contribution in [3.05, 3.63) is 60.0 Å². The van der Waals surface area contributed by atoms with E-state index in [2.05, 4.69) is 0 Å². The zero-order valence-electron chi connectivity index (χ0n) is 9.41. The van der Waals surface area contributed by atoms with Crippen molar-refractivity contribution in [2.45, 2.75) is 12.1 Å². The average molecular weight is 247 g/mol. The molecule has 0 nitrogen and oxygen atoms in total. The Labute approximate surface area is 103 Å². The summed E-state index contributed by atoms with van der Waals surface area (Å²) in [4.78, 5) is 0. The van der Waals surface area contributed by atoms with Gasteiger partial charge in [0, 0.05) is 5.92 Å². The fourth-order valence-electron chi connectivity index (χ4n) is 2.48. The molecule has 1 unspecified atom stereocenters. The molecule has 18 heavy (non-hydrogen) atoms. The summed E-state index contributed by atoms with van der Waals surface area (Å²) in [6, 6.07) is 11.3. The highest BCUT2D eigenvalue weighted by Gasteiger charge is 2.33. The van der Waals surface area contributed by atoms with Crippen molar-refractivity contribution in [1.82, 2.24) is 0 Å². The van der Waals surface area contributed by atoms with Crippen LogP contribution in [0.5, 0.6) is 0 Å². The molecule has 0 saturated heterocycles. The predicted octanol–water partition coefficient (Wildman–Crippen LogP) is 4.72. The van der Waals surface area contributed by atoms with Crippen LogP contribution in [-0.2, 0) is 0 Å². The second-order valence-corrected chi connectivity index (χ2v) is 4.39. The van der Waals surface area contributed by atoms with Gasteiger partial charge in [0.1, 0.15) is 0 Å². The maximum absolute atomic E-state index is 12.5. The molecule has 3 heteroatoms. The van der Waals surface area contributed by atoms with E-state index in [-0.39, 0.29) is 0 Å². The summed E-state index contributed by atoms with van der Waals surface area (Å²) in [6.45, 7) is 0. The molecular formula is C15H10F3. The first kappa shape index (κ1) is 11.3. The van der Waals surface area contributed by atoms with Gasteiger partial charge in [-0.05, 0) is 21.9 Å². The van der Waals surface area contributed by atoms with Gasteiger partial charge >= 0.3 is 6.18 Å². The molecule has 1 aliphatic rings. The monoisotopic (exact) mass is 247 g/mol. The number of hydrogen-bond acceptors (Lipinski definition) is 0. The van der Waals surface area contributed by atoms with Gasteiger partial charge in [-0.1, -0.05) is 48.6 Å². The summed E-state index contributed by atoms with van der Waals surface area (Å²) in [5.74, 6) is -0.691. The Morgan fingerprint density at radius 2 is 1.72 bits per heavy atom. The Morgan fingerprint density at radius 3 is 2.44 bits per heavy atom. The van der Waals surface area contributed by atoms with Crippen LogP contribution in [0, 0.1) is 6.42 Å². The van der Waals surface area contributed by atoms with Crippen molar-refractivity contribution in [2.75, 3.05) is 0 Å². The molecule has 0 amide bonds. The van der Waals surface area contributed by atoms with E-state index in [9.17, 15) is 13.2 Å². The maximum atomic E-state index is 12.5. The molecule has 1 atom stereocenters. The van der Waals surface area contributed by atoms with Crippen molar-refractivity contribution >= 4 is 16.8 Å². The van der Waals surface area contributed by atoms with Gasteiger partial charge in [0.15, 0.2) is 0 Å². The minimum atomic E-state index is -4.26. The molecule has 0 bridgehead atoms. The molecule has 2 aromatic rings. The number of benzene rings is 2. The van der Waals surface area contributed by atoms with E-state index >= 15 is 0 Å². The SMILES string of the molecule is FC(F)(F)[CH]C1C=Cc2cccc3cccc1c23. The van der Waals surface area contributed by atoms with Crippen molar-refractivity contribution in [1.29, 1.82) is 0 Å². The Bertz CT molecular complexity index is 618. The number of halogens is 3. The van der Waals surface area contributed by atoms with Gasteiger partial charge in [-0.15, -0.1) is 0 Å². The summed E-state index contributed by atoms with van der Waals surface area (Å²) >= 11 is 0. The minimum Gasteiger partial charge on any atom is -0.171 e. The van der Waals surface area contributed by atoms with E-state index in [0.717, 1.165) is 21.9 Å². The van der Waals surface area contributed by atoms with Crippen LogP contribution < -0.4 is 0 Å². The van der Waals surface area contributed by atoms with Gasteiger partial charge in [-0.3, -0.25) is 0 Å². The molecule has 0 aromatic heterocycles.